The number of likely N-dealkylation sites (tertiary alicyclic amines) is 1. The number of hydrogen-bond donors (Lipinski definition) is 0. The molecule has 116 valence electrons. The molecule has 1 fully saturated rings. The van der Waals surface area contributed by atoms with Crippen LogP contribution in [-0.4, -0.2) is 30.2 Å². The minimum absolute atomic E-state index is 0.337. The number of nitrogens with zero attached hydrogens (tertiary/aromatic N) is 1. The summed E-state index contributed by atoms with van der Waals surface area (Å²) in [5.41, 5.74) is 2.37. The first-order chi connectivity index (χ1) is 11.2. The third-order valence-corrected chi connectivity index (χ3v) is 3.79. The summed E-state index contributed by atoms with van der Waals surface area (Å²) in [4.78, 5) is 25.9. The van der Waals surface area contributed by atoms with Gasteiger partial charge < -0.3 is 9.64 Å². The molecular weight excluding hydrogens is 290 g/mol. The molecule has 0 aromatic heterocycles. The highest BCUT2D eigenvalue weighted by atomic mass is 16.5. The zero-order valence-corrected chi connectivity index (χ0v) is 12.9. The monoisotopic (exact) mass is 307 g/mol. The van der Waals surface area contributed by atoms with Gasteiger partial charge in [0.05, 0.1) is 13.7 Å². The van der Waals surface area contributed by atoms with E-state index in [1.165, 1.54) is 0 Å². The fourth-order valence-corrected chi connectivity index (χ4v) is 2.61. The van der Waals surface area contributed by atoms with Crippen LogP contribution < -0.4 is 4.74 Å². The molecule has 1 saturated heterocycles. The second-order valence-corrected chi connectivity index (χ2v) is 5.42. The summed E-state index contributed by atoms with van der Waals surface area (Å²) in [6, 6.07) is 17.1. The minimum atomic E-state index is -0.442. The van der Waals surface area contributed by atoms with E-state index in [0.29, 0.717) is 18.7 Å². The largest absolute Gasteiger partial charge is 0.497 e. The lowest BCUT2D eigenvalue weighted by Crippen LogP contribution is -2.26. The molecule has 0 atom stereocenters. The molecule has 4 heteroatoms. The normalized spacial score (nSPS) is 16.2. The average molecular weight is 307 g/mol. The predicted octanol–water partition coefficient (Wildman–Crippen LogP) is 2.69. The van der Waals surface area contributed by atoms with Crippen molar-refractivity contribution in [3.63, 3.8) is 0 Å². The van der Waals surface area contributed by atoms with Gasteiger partial charge in [0, 0.05) is 12.1 Å². The first-order valence-corrected chi connectivity index (χ1v) is 7.39. The number of ether oxygens (including phenoxy) is 1. The van der Waals surface area contributed by atoms with Crippen molar-refractivity contribution in [1.29, 1.82) is 0 Å². The van der Waals surface area contributed by atoms with E-state index in [2.05, 4.69) is 0 Å². The van der Waals surface area contributed by atoms with Crippen molar-refractivity contribution in [3.8, 4) is 5.75 Å². The number of benzene rings is 2. The van der Waals surface area contributed by atoms with Gasteiger partial charge in [-0.05, 0) is 29.3 Å². The summed E-state index contributed by atoms with van der Waals surface area (Å²) in [7, 11) is 1.60. The molecule has 0 aliphatic carbocycles. The molecular formula is C19H17NO3. The van der Waals surface area contributed by atoms with Crippen LogP contribution in [0.3, 0.4) is 0 Å². The fraction of sp³-hybridized carbons (Fsp3) is 0.158. The maximum absolute atomic E-state index is 12.2. The van der Waals surface area contributed by atoms with Crippen LogP contribution in [0.5, 0.6) is 5.75 Å². The number of rotatable bonds is 4. The molecule has 3 rings (SSSR count). The average Bonchev–Trinajstić information content (AvgIpc) is 2.84. The Kier molecular flexibility index (Phi) is 4.24. The molecule has 1 aliphatic rings. The standard InChI is InChI=1S/C19H17NO3/c1-23-17-9-5-8-15(11-17)10-16-13-20(19(22)18(16)21)12-14-6-3-2-4-7-14/h2-11H,12-13H2,1H3/b16-10+. The van der Waals surface area contributed by atoms with Crippen molar-refractivity contribution >= 4 is 17.8 Å². The molecule has 0 radical (unpaired) electrons. The highest BCUT2D eigenvalue weighted by Gasteiger charge is 2.33. The summed E-state index contributed by atoms with van der Waals surface area (Å²) in [5, 5.41) is 0. The summed E-state index contributed by atoms with van der Waals surface area (Å²) >= 11 is 0. The minimum Gasteiger partial charge on any atom is -0.497 e. The summed E-state index contributed by atoms with van der Waals surface area (Å²) in [6.07, 6.45) is 1.76. The lowest BCUT2D eigenvalue weighted by Gasteiger charge is -2.13. The SMILES string of the molecule is COc1cccc(/C=C2\CN(Cc3ccccc3)C(=O)C2=O)c1. The Bertz CT molecular complexity index is 765. The quantitative estimate of drug-likeness (QED) is 0.644. The Morgan fingerprint density at radius 3 is 2.61 bits per heavy atom. The maximum Gasteiger partial charge on any atom is 0.295 e. The van der Waals surface area contributed by atoms with Gasteiger partial charge >= 0.3 is 0 Å². The highest BCUT2D eigenvalue weighted by Crippen LogP contribution is 2.21. The zero-order chi connectivity index (χ0) is 16.2. The Morgan fingerprint density at radius 2 is 1.87 bits per heavy atom. The molecule has 0 spiro atoms. The van der Waals surface area contributed by atoms with E-state index in [4.69, 9.17) is 4.74 Å². The van der Waals surface area contributed by atoms with E-state index in [9.17, 15) is 9.59 Å². The van der Waals surface area contributed by atoms with Gasteiger partial charge in [0.15, 0.2) is 0 Å². The van der Waals surface area contributed by atoms with Crippen molar-refractivity contribution in [2.45, 2.75) is 6.54 Å². The number of carbonyl (C=O) groups excluding carboxylic acids is 2. The molecule has 0 saturated carbocycles. The maximum atomic E-state index is 12.2. The van der Waals surface area contributed by atoms with E-state index >= 15 is 0 Å². The molecule has 1 amide bonds. The van der Waals surface area contributed by atoms with Crippen molar-refractivity contribution < 1.29 is 14.3 Å². The van der Waals surface area contributed by atoms with Crippen LogP contribution >= 0.6 is 0 Å². The van der Waals surface area contributed by atoms with Crippen LogP contribution in [0, 0.1) is 0 Å². The van der Waals surface area contributed by atoms with Crippen LogP contribution in [0.15, 0.2) is 60.2 Å². The highest BCUT2D eigenvalue weighted by molar-refractivity contribution is 6.45. The molecule has 0 bridgehead atoms. The third kappa shape index (κ3) is 3.31. The molecule has 23 heavy (non-hydrogen) atoms. The van der Waals surface area contributed by atoms with Gasteiger partial charge in [0.1, 0.15) is 5.75 Å². The first-order valence-electron chi connectivity index (χ1n) is 7.39. The summed E-state index contributed by atoms with van der Waals surface area (Å²) < 4.78 is 5.18. The van der Waals surface area contributed by atoms with Gasteiger partial charge in [-0.25, -0.2) is 0 Å². The first kappa shape index (κ1) is 15.0. The Morgan fingerprint density at radius 1 is 1.09 bits per heavy atom. The van der Waals surface area contributed by atoms with Crippen LogP contribution in [0.25, 0.3) is 6.08 Å². The number of ketones is 1. The lowest BCUT2D eigenvalue weighted by atomic mass is 10.1. The van der Waals surface area contributed by atoms with E-state index in [0.717, 1.165) is 16.9 Å². The van der Waals surface area contributed by atoms with Crippen LogP contribution in [0.2, 0.25) is 0 Å². The summed E-state index contributed by atoms with van der Waals surface area (Å²) in [5.74, 6) is -0.149. The summed E-state index contributed by atoms with van der Waals surface area (Å²) in [6.45, 7) is 0.782. The topological polar surface area (TPSA) is 46.6 Å². The fourth-order valence-electron chi connectivity index (χ4n) is 2.61. The van der Waals surface area contributed by atoms with E-state index in [1.807, 2.05) is 54.6 Å². The van der Waals surface area contributed by atoms with E-state index in [-0.39, 0.29) is 0 Å². The molecule has 0 N–H and O–H groups in total. The van der Waals surface area contributed by atoms with Gasteiger partial charge in [0.25, 0.3) is 5.91 Å². The van der Waals surface area contributed by atoms with Crippen molar-refractivity contribution in [3.05, 3.63) is 71.3 Å². The second-order valence-electron chi connectivity index (χ2n) is 5.42. The number of hydrogen-bond acceptors (Lipinski definition) is 3. The van der Waals surface area contributed by atoms with Crippen LogP contribution in [0.4, 0.5) is 0 Å². The molecule has 1 heterocycles. The number of methoxy groups -OCH3 is 1. The van der Waals surface area contributed by atoms with Crippen molar-refractivity contribution in [2.75, 3.05) is 13.7 Å². The van der Waals surface area contributed by atoms with Crippen LogP contribution in [-0.2, 0) is 16.1 Å². The Hall–Kier alpha value is -2.88. The third-order valence-electron chi connectivity index (χ3n) is 3.79. The van der Waals surface area contributed by atoms with Gasteiger partial charge in [-0.15, -0.1) is 0 Å². The number of amides is 1. The van der Waals surface area contributed by atoms with Gasteiger partial charge in [-0.1, -0.05) is 42.5 Å². The van der Waals surface area contributed by atoms with Crippen molar-refractivity contribution in [2.24, 2.45) is 0 Å². The van der Waals surface area contributed by atoms with Crippen LogP contribution in [0.1, 0.15) is 11.1 Å². The number of Topliss-reactive ketones (excluding diaryl/α,β-unsaturated/α-hetero) is 1. The molecule has 2 aromatic carbocycles. The van der Waals surface area contributed by atoms with Gasteiger partial charge in [0.2, 0.25) is 5.78 Å². The molecule has 2 aromatic rings. The van der Waals surface area contributed by atoms with Gasteiger partial charge in [-0.3, -0.25) is 9.59 Å². The zero-order valence-electron chi connectivity index (χ0n) is 12.9. The predicted molar refractivity (Wildman–Crippen MR) is 87.8 cm³/mol. The van der Waals surface area contributed by atoms with E-state index < -0.39 is 11.7 Å². The molecule has 0 unspecified atom stereocenters. The Labute approximate surface area is 135 Å². The van der Waals surface area contributed by atoms with Crippen molar-refractivity contribution in [1.82, 2.24) is 4.90 Å². The molecule has 1 aliphatic heterocycles. The number of carbonyl (C=O) groups is 2. The smallest absolute Gasteiger partial charge is 0.295 e. The Balaban J connectivity index is 1.80. The molecule has 4 nitrogen and oxygen atoms in total. The second kappa shape index (κ2) is 6.48. The van der Waals surface area contributed by atoms with E-state index in [1.54, 1.807) is 18.1 Å². The van der Waals surface area contributed by atoms with Gasteiger partial charge in [-0.2, -0.15) is 0 Å². The lowest BCUT2D eigenvalue weighted by molar-refractivity contribution is -0.139.